The van der Waals surface area contributed by atoms with Crippen molar-refractivity contribution in [2.24, 2.45) is 5.73 Å². The summed E-state index contributed by atoms with van der Waals surface area (Å²) in [6.07, 6.45) is 2.05. The molecule has 0 aliphatic carbocycles. The van der Waals surface area contributed by atoms with E-state index in [1.165, 1.54) is 6.07 Å². The average molecular weight is 211 g/mol. The zero-order chi connectivity index (χ0) is 11.3. The lowest BCUT2D eigenvalue weighted by Gasteiger charge is -2.10. The second-order valence-electron chi connectivity index (χ2n) is 3.67. The lowest BCUT2D eigenvalue weighted by Crippen LogP contribution is -2.07. The van der Waals surface area contributed by atoms with Gasteiger partial charge in [0.1, 0.15) is 11.6 Å². The molecule has 0 aliphatic rings. The summed E-state index contributed by atoms with van der Waals surface area (Å²) >= 11 is 0. The molecule has 0 amide bonds. The highest BCUT2D eigenvalue weighted by molar-refractivity contribution is 5.30. The Morgan fingerprint density at radius 2 is 2.20 bits per heavy atom. The molecule has 1 rings (SSSR count). The van der Waals surface area contributed by atoms with E-state index in [-0.39, 0.29) is 11.9 Å². The summed E-state index contributed by atoms with van der Waals surface area (Å²) in [7, 11) is 0. The molecular formula is C12H18FNO. The quantitative estimate of drug-likeness (QED) is 0.760. The molecule has 0 aliphatic heterocycles. The molecule has 1 aromatic carbocycles. The zero-order valence-electron chi connectivity index (χ0n) is 9.29. The minimum absolute atomic E-state index is 0.283. The van der Waals surface area contributed by atoms with E-state index in [1.807, 2.05) is 0 Å². The van der Waals surface area contributed by atoms with Crippen molar-refractivity contribution < 1.29 is 9.13 Å². The van der Waals surface area contributed by atoms with Gasteiger partial charge in [0, 0.05) is 17.7 Å². The van der Waals surface area contributed by atoms with Crippen LogP contribution in [0.15, 0.2) is 18.2 Å². The molecule has 0 spiro atoms. The third-order valence-electron chi connectivity index (χ3n) is 2.23. The number of ether oxygens (including phenoxy) is 1. The van der Waals surface area contributed by atoms with E-state index in [2.05, 4.69) is 6.92 Å². The SMILES string of the molecule is CCCCOc1ccc([C@@H](C)N)c(F)c1. The Kier molecular flexibility index (Phi) is 4.56. The van der Waals surface area contributed by atoms with Crippen molar-refractivity contribution in [1.82, 2.24) is 0 Å². The van der Waals surface area contributed by atoms with Crippen molar-refractivity contribution in [1.29, 1.82) is 0 Å². The van der Waals surface area contributed by atoms with Gasteiger partial charge in [-0.2, -0.15) is 0 Å². The minimum atomic E-state index is -0.293. The summed E-state index contributed by atoms with van der Waals surface area (Å²) in [6.45, 7) is 4.48. The fraction of sp³-hybridized carbons (Fsp3) is 0.500. The van der Waals surface area contributed by atoms with E-state index in [1.54, 1.807) is 19.1 Å². The van der Waals surface area contributed by atoms with Crippen LogP contribution in [0.3, 0.4) is 0 Å². The van der Waals surface area contributed by atoms with Crippen LogP contribution >= 0.6 is 0 Å². The highest BCUT2D eigenvalue weighted by atomic mass is 19.1. The maximum absolute atomic E-state index is 13.5. The molecule has 0 heterocycles. The van der Waals surface area contributed by atoms with E-state index < -0.39 is 0 Å². The summed E-state index contributed by atoms with van der Waals surface area (Å²) in [5.74, 6) is 0.282. The number of hydrogen-bond donors (Lipinski definition) is 1. The highest BCUT2D eigenvalue weighted by Gasteiger charge is 2.07. The molecule has 2 N–H and O–H groups in total. The smallest absolute Gasteiger partial charge is 0.131 e. The van der Waals surface area contributed by atoms with Crippen LogP contribution in [0, 0.1) is 5.82 Å². The van der Waals surface area contributed by atoms with Gasteiger partial charge in [-0.3, -0.25) is 0 Å². The van der Waals surface area contributed by atoms with Gasteiger partial charge in [0.25, 0.3) is 0 Å². The van der Waals surface area contributed by atoms with Gasteiger partial charge in [-0.15, -0.1) is 0 Å². The molecule has 2 nitrogen and oxygen atoms in total. The monoisotopic (exact) mass is 211 g/mol. The fourth-order valence-electron chi connectivity index (χ4n) is 1.30. The van der Waals surface area contributed by atoms with Gasteiger partial charge in [-0.05, 0) is 19.4 Å². The van der Waals surface area contributed by atoms with Crippen molar-refractivity contribution in [3.63, 3.8) is 0 Å². The second-order valence-corrected chi connectivity index (χ2v) is 3.67. The molecule has 0 aromatic heterocycles. The molecule has 0 bridgehead atoms. The first kappa shape index (κ1) is 12.0. The van der Waals surface area contributed by atoms with Crippen LogP contribution < -0.4 is 10.5 Å². The Bertz CT molecular complexity index is 312. The third-order valence-corrected chi connectivity index (χ3v) is 2.23. The summed E-state index contributed by atoms with van der Waals surface area (Å²) < 4.78 is 18.8. The summed E-state index contributed by atoms with van der Waals surface area (Å²) in [5.41, 5.74) is 6.13. The number of benzene rings is 1. The normalized spacial score (nSPS) is 12.5. The van der Waals surface area contributed by atoms with Gasteiger partial charge in [-0.25, -0.2) is 4.39 Å². The lowest BCUT2D eigenvalue weighted by molar-refractivity contribution is 0.307. The molecule has 1 atom stereocenters. The van der Waals surface area contributed by atoms with Crippen LogP contribution in [-0.4, -0.2) is 6.61 Å². The third kappa shape index (κ3) is 3.51. The number of nitrogens with two attached hydrogens (primary N) is 1. The second kappa shape index (κ2) is 5.71. The van der Waals surface area contributed by atoms with Gasteiger partial charge in [0.2, 0.25) is 0 Å². The Balaban J connectivity index is 2.65. The van der Waals surface area contributed by atoms with E-state index in [4.69, 9.17) is 10.5 Å². The summed E-state index contributed by atoms with van der Waals surface area (Å²) in [5, 5.41) is 0. The lowest BCUT2D eigenvalue weighted by atomic mass is 10.1. The predicted molar refractivity (Wildman–Crippen MR) is 59.4 cm³/mol. The van der Waals surface area contributed by atoms with Gasteiger partial charge in [-0.1, -0.05) is 19.4 Å². The van der Waals surface area contributed by atoms with Crippen LogP contribution in [0.5, 0.6) is 5.75 Å². The summed E-state index contributed by atoms with van der Waals surface area (Å²) in [4.78, 5) is 0. The topological polar surface area (TPSA) is 35.2 Å². The average Bonchev–Trinajstić information content (AvgIpc) is 2.17. The summed E-state index contributed by atoms with van der Waals surface area (Å²) in [6, 6.07) is 4.56. The van der Waals surface area contributed by atoms with E-state index in [0.717, 1.165) is 12.8 Å². The molecule has 0 fully saturated rings. The van der Waals surface area contributed by atoms with Crippen LogP contribution in [0.4, 0.5) is 4.39 Å². The molecule has 0 radical (unpaired) electrons. The maximum atomic E-state index is 13.5. The van der Waals surface area contributed by atoms with Crippen LogP contribution in [0.25, 0.3) is 0 Å². The molecule has 84 valence electrons. The van der Waals surface area contributed by atoms with E-state index >= 15 is 0 Å². The van der Waals surface area contributed by atoms with Gasteiger partial charge in [0.05, 0.1) is 6.61 Å². The van der Waals surface area contributed by atoms with Crippen LogP contribution in [0.2, 0.25) is 0 Å². The van der Waals surface area contributed by atoms with E-state index in [9.17, 15) is 4.39 Å². The molecule has 1 aromatic rings. The Hall–Kier alpha value is -1.09. The molecule has 15 heavy (non-hydrogen) atoms. The van der Waals surface area contributed by atoms with Crippen molar-refractivity contribution in [3.05, 3.63) is 29.6 Å². The minimum Gasteiger partial charge on any atom is -0.493 e. The highest BCUT2D eigenvalue weighted by Crippen LogP contribution is 2.20. The standard InChI is InChI=1S/C12H18FNO/c1-3-4-7-15-10-5-6-11(9(2)14)12(13)8-10/h5-6,8-9H,3-4,7,14H2,1-2H3/t9-/m1/s1. The first-order chi connectivity index (χ1) is 7.15. The fourth-order valence-corrected chi connectivity index (χ4v) is 1.30. The number of hydrogen-bond acceptors (Lipinski definition) is 2. The maximum Gasteiger partial charge on any atom is 0.131 e. The first-order valence-corrected chi connectivity index (χ1v) is 5.33. The van der Waals surface area contributed by atoms with Gasteiger partial charge >= 0.3 is 0 Å². The molecule has 3 heteroatoms. The van der Waals surface area contributed by atoms with Crippen molar-refractivity contribution >= 4 is 0 Å². The van der Waals surface area contributed by atoms with E-state index in [0.29, 0.717) is 17.9 Å². The first-order valence-electron chi connectivity index (χ1n) is 5.33. The Morgan fingerprint density at radius 3 is 2.73 bits per heavy atom. The number of halogens is 1. The van der Waals surface area contributed by atoms with Gasteiger partial charge < -0.3 is 10.5 Å². The zero-order valence-corrected chi connectivity index (χ0v) is 9.29. The predicted octanol–water partition coefficient (Wildman–Crippen LogP) is 3.02. The largest absolute Gasteiger partial charge is 0.493 e. The molecular weight excluding hydrogens is 193 g/mol. The van der Waals surface area contributed by atoms with Crippen molar-refractivity contribution in [2.75, 3.05) is 6.61 Å². The van der Waals surface area contributed by atoms with Gasteiger partial charge in [0.15, 0.2) is 0 Å². The Labute approximate surface area is 90.2 Å². The van der Waals surface area contributed by atoms with Crippen molar-refractivity contribution in [3.8, 4) is 5.75 Å². The number of rotatable bonds is 5. The molecule has 0 saturated carbocycles. The molecule has 0 unspecified atom stereocenters. The molecule has 0 saturated heterocycles. The number of unbranched alkanes of at least 4 members (excludes halogenated alkanes) is 1. The van der Waals surface area contributed by atoms with Crippen LogP contribution in [0.1, 0.15) is 38.3 Å². The van der Waals surface area contributed by atoms with Crippen LogP contribution in [-0.2, 0) is 0 Å². The Morgan fingerprint density at radius 1 is 1.47 bits per heavy atom. The van der Waals surface area contributed by atoms with Crippen molar-refractivity contribution in [2.45, 2.75) is 32.7 Å².